The quantitative estimate of drug-likeness (QED) is 0.806. The van der Waals surface area contributed by atoms with E-state index in [1.165, 1.54) is 11.6 Å². The first-order valence-electron chi connectivity index (χ1n) is 10.4. The number of amides is 1. The predicted molar refractivity (Wildman–Crippen MR) is 110 cm³/mol. The van der Waals surface area contributed by atoms with Crippen LogP contribution in [0.1, 0.15) is 60.9 Å². The van der Waals surface area contributed by atoms with Crippen molar-refractivity contribution in [3.05, 3.63) is 40.5 Å². The third-order valence-electron chi connectivity index (χ3n) is 6.08. The number of carbonyl (C=O) groups excluding carboxylic acids is 1. The first kappa shape index (κ1) is 19.9. The van der Waals surface area contributed by atoms with Crippen molar-refractivity contribution in [3.63, 3.8) is 0 Å². The van der Waals surface area contributed by atoms with Gasteiger partial charge in [0.1, 0.15) is 11.5 Å². The zero-order chi connectivity index (χ0) is 20.8. The number of aromatic nitrogens is 2. The molecule has 1 aliphatic carbocycles. The van der Waals surface area contributed by atoms with Gasteiger partial charge in [0.05, 0.1) is 23.9 Å². The molecule has 7 heteroatoms. The second-order valence-electron chi connectivity index (χ2n) is 8.90. The predicted octanol–water partition coefficient (Wildman–Crippen LogP) is 3.39. The number of aryl methyl sites for hydroxylation is 1. The Bertz CT molecular complexity index is 945. The Kier molecular flexibility index (Phi) is 5.11. The minimum Gasteiger partial charge on any atom is -0.379 e. The highest BCUT2D eigenvalue weighted by molar-refractivity contribution is 5.99. The number of hydrogen-bond acceptors (Lipinski definition) is 4. The summed E-state index contributed by atoms with van der Waals surface area (Å²) in [6, 6.07) is 2.97. The van der Waals surface area contributed by atoms with Crippen molar-refractivity contribution >= 4 is 11.6 Å². The normalized spacial score (nSPS) is 20.5. The number of nitrogens with one attached hydrogen (secondary N) is 1. The second-order valence-corrected chi connectivity index (χ2v) is 8.90. The molecule has 1 aromatic heterocycles. The second kappa shape index (κ2) is 7.44. The Morgan fingerprint density at radius 2 is 2.24 bits per heavy atom. The van der Waals surface area contributed by atoms with Gasteiger partial charge in [-0.3, -0.25) is 4.79 Å². The highest BCUT2D eigenvalue weighted by atomic mass is 19.1. The lowest BCUT2D eigenvalue weighted by atomic mass is 9.76. The zero-order valence-electron chi connectivity index (χ0n) is 17.3. The molecular weight excluding hydrogens is 371 g/mol. The van der Waals surface area contributed by atoms with Crippen molar-refractivity contribution < 1.29 is 13.9 Å². The Hall–Kier alpha value is -2.41. The topological polar surface area (TPSA) is 82.2 Å². The van der Waals surface area contributed by atoms with E-state index < -0.39 is 11.7 Å². The molecule has 0 spiro atoms. The van der Waals surface area contributed by atoms with Crippen molar-refractivity contribution in [3.8, 4) is 5.69 Å². The number of nitrogens with zero attached hydrogens (tertiary/aromatic N) is 2. The molecule has 0 bridgehead atoms. The molecule has 0 radical (unpaired) electrons. The van der Waals surface area contributed by atoms with Gasteiger partial charge in [-0.05, 0) is 55.2 Å². The smallest absolute Gasteiger partial charge is 0.250 e. The van der Waals surface area contributed by atoms with E-state index in [9.17, 15) is 4.79 Å². The van der Waals surface area contributed by atoms with Crippen molar-refractivity contribution in [2.75, 3.05) is 18.5 Å². The summed E-state index contributed by atoms with van der Waals surface area (Å²) in [5.74, 6) is -1.15. The first-order valence-corrected chi connectivity index (χ1v) is 10.4. The summed E-state index contributed by atoms with van der Waals surface area (Å²) < 4.78 is 22.3. The van der Waals surface area contributed by atoms with Crippen LogP contribution in [-0.4, -0.2) is 34.9 Å². The van der Waals surface area contributed by atoms with Crippen molar-refractivity contribution in [2.45, 2.75) is 58.9 Å². The van der Waals surface area contributed by atoms with Crippen LogP contribution < -0.4 is 11.1 Å². The van der Waals surface area contributed by atoms with Gasteiger partial charge >= 0.3 is 0 Å². The molecule has 1 unspecified atom stereocenters. The fourth-order valence-electron chi connectivity index (χ4n) is 4.41. The van der Waals surface area contributed by atoms with Gasteiger partial charge < -0.3 is 15.8 Å². The molecule has 1 aromatic carbocycles. The molecule has 1 fully saturated rings. The number of primary amides is 1. The van der Waals surface area contributed by atoms with Gasteiger partial charge in [-0.2, -0.15) is 5.10 Å². The lowest BCUT2D eigenvalue weighted by Gasteiger charge is -2.30. The summed E-state index contributed by atoms with van der Waals surface area (Å²) in [4.78, 5) is 11.9. The van der Waals surface area contributed by atoms with E-state index in [1.54, 1.807) is 10.7 Å². The average Bonchev–Trinajstić information content (AvgIpc) is 3.29. The number of fused-ring (bicyclic) bond motifs is 1. The van der Waals surface area contributed by atoms with E-state index in [1.807, 2.05) is 0 Å². The number of carbonyl (C=O) groups is 1. The van der Waals surface area contributed by atoms with Crippen LogP contribution >= 0.6 is 0 Å². The van der Waals surface area contributed by atoms with E-state index in [0.29, 0.717) is 24.6 Å². The molecule has 1 aliphatic heterocycles. The lowest BCUT2D eigenvalue weighted by Crippen LogP contribution is -2.25. The van der Waals surface area contributed by atoms with Gasteiger partial charge in [-0.25, -0.2) is 9.07 Å². The molecule has 0 saturated carbocycles. The van der Waals surface area contributed by atoms with Gasteiger partial charge in [0.25, 0.3) is 5.91 Å². The van der Waals surface area contributed by atoms with Crippen LogP contribution in [0.2, 0.25) is 0 Å². The SMILES string of the molecule is CCc1nn(-c2cc(NC3CCOC3)c(C(N)=O)cc2F)c2c1CCC(C)(C)C2. The molecule has 3 N–H and O–H groups in total. The monoisotopic (exact) mass is 400 g/mol. The van der Waals surface area contributed by atoms with E-state index >= 15 is 4.39 Å². The summed E-state index contributed by atoms with van der Waals surface area (Å²) in [5.41, 5.74) is 10.0. The van der Waals surface area contributed by atoms with Crippen LogP contribution in [-0.2, 0) is 24.0 Å². The molecule has 4 rings (SSSR count). The van der Waals surface area contributed by atoms with Crippen LogP contribution in [0.3, 0.4) is 0 Å². The minimum absolute atomic E-state index is 0.0723. The van der Waals surface area contributed by atoms with Gasteiger partial charge in [0.15, 0.2) is 0 Å². The highest BCUT2D eigenvalue weighted by Crippen LogP contribution is 2.38. The molecule has 1 amide bonds. The summed E-state index contributed by atoms with van der Waals surface area (Å²) in [7, 11) is 0. The average molecular weight is 400 g/mol. The third-order valence-corrected chi connectivity index (χ3v) is 6.08. The lowest BCUT2D eigenvalue weighted by molar-refractivity contribution is 0.100. The first-order chi connectivity index (χ1) is 13.8. The molecule has 2 heterocycles. The molecule has 1 saturated heterocycles. The van der Waals surface area contributed by atoms with E-state index in [2.05, 4.69) is 26.1 Å². The minimum atomic E-state index is -0.658. The number of halogens is 1. The number of nitrogens with two attached hydrogens (primary N) is 1. The fraction of sp³-hybridized carbons (Fsp3) is 0.545. The molecule has 29 heavy (non-hydrogen) atoms. The maximum absolute atomic E-state index is 15.1. The van der Waals surface area contributed by atoms with Gasteiger partial charge in [-0.1, -0.05) is 20.8 Å². The zero-order valence-corrected chi connectivity index (χ0v) is 17.3. The van der Waals surface area contributed by atoms with E-state index in [-0.39, 0.29) is 17.0 Å². The number of ether oxygens (including phenoxy) is 1. The van der Waals surface area contributed by atoms with Crippen molar-refractivity contribution in [1.29, 1.82) is 0 Å². The standard InChI is InChI=1S/C22H29FN4O2/c1-4-17-14-5-7-22(2,3)11-20(14)27(26-17)19-10-18(25-13-6-8-29-12-13)15(21(24)28)9-16(19)23/h9-10,13,25H,4-8,11-12H2,1-3H3,(H2,24,28). The number of rotatable bonds is 5. The number of hydrogen-bond donors (Lipinski definition) is 2. The summed E-state index contributed by atoms with van der Waals surface area (Å²) >= 11 is 0. The van der Waals surface area contributed by atoms with Gasteiger partial charge in [0.2, 0.25) is 0 Å². The fourth-order valence-corrected chi connectivity index (χ4v) is 4.41. The third kappa shape index (κ3) is 3.75. The molecule has 2 aliphatic rings. The summed E-state index contributed by atoms with van der Waals surface area (Å²) in [6.45, 7) is 7.76. The van der Waals surface area contributed by atoms with Crippen LogP contribution in [0.25, 0.3) is 5.69 Å². The van der Waals surface area contributed by atoms with Crippen LogP contribution in [0.5, 0.6) is 0 Å². The van der Waals surface area contributed by atoms with Crippen LogP contribution in [0.15, 0.2) is 12.1 Å². The molecule has 2 aromatic rings. The largest absolute Gasteiger partial charge is 0.379 e. The molecule has 156 valence electrons. The maximum Gasteiger partial charge on any atom is 0.250 e. The van der Waals surface area contributed by atoms with E-state index in [0.717, 1.165) is 43.5 Å². The highest BCUT2D eigenvalue weighted by Gasteiger charge is 2.32. The number of anilines is 1. The number of benzene rings is 1. The van der Waals surface area contributed by atoms with Crippen molar-refractivity contribution in [1.82, 2.24) is 9.78 Å². The van der Waals surface area contributed by atoms with E-state index in [4.69, 9.17) is 15.6 Å². The summed E-state index contributed by atoms with van der Waals surface area (Å²) in [6.07, 6.45) is 4.52. The Morgan fingerprint density at radius 1 is 1.45 bits per heavy atom. The van der Waals surface area contributed by atoms with Crippen molar-refractivity contribution in [2.24, 2.45) is 11.1 Å². The maximum atomic E-state index is 15.1. The van der Waals surface area contributed by atoms with Crippen LogP contribution in [0.4, 0.5) is 10.1 Å². The Balaban J connectivity index is 1.83. The van der Waals surface area contributed by atoms with Gasteiger partial charge in [-0.15, -0.1) is 0 Å². The Labute approximate surface area is 170 Å². The molecule has 1 atom stereocenters. The van der Waals surface area contributed by atoms with Gasteiger partial charge in [0, 0.05) is 18.0 Å². The Morgan fingerprint density at radius 3 is 2.90 bits per heavy atom. The van der Waals surface area contributed by atoms with Crippen LogP contribution in [0, 0.1) is 11.2 Å². The molecular formula is C22H29FN4O2. The summed E-state index contributed by atoms with van der Waals surface area (Å²) in [5, 5.41) is 8.07. The molecule has 6 nitrogen and oxygen atoms in total.